The molecule has 3 aromatic heterocycles. The van der Waals surface area contributed by atoms with E-state index in [1.54, 1.807) is 37.6 Å². The molecule has 2 unspecified atom stereocenters. The van der Waals surface area contributed by atoms with Crippen LogP contribution in [0.3, 0.4) is 0 Å². The van der Waals surface area contributed by atoms with E-state index in [1.165, 1.54) is 53.7 Å². The number of anilines is 3. The van der Waals surface area contributed by atoms with Crippen molar-refractivity contribution in [2.75, 3.05) is 88.1 Å². The summed E-state index contributed by atoms with van der Waals surface area (Å²) in [6, 6.07) is 16.9. The summed E-state index contributed by atoms with van der Waals surface area (Å²) in [5.74, 6) is -8.04. The van der Waals surface area contributed by atoms with Gasteiger partial charge in [-0.05, 0) is 134 Å². The number of thiazole rings is 1. The predicted molar refractivity (Wildman–Crippen MR) is 398 cm³/mol. The van der Waals surface area contributed by atoms with Gasteiger partial charge < -0.3 is 79.7 Å². The number of fused-ring (bicyclic) bond motifs is 2. The molecule has 6 aromatic rings. The molecular formula is C75H87N11O23S2. The number of rotatable bonds is 32. The van der Waals surface area contributed by atoms with E-state index >= 15 is 0 Å². The molecule has 4 bridgehead atoms. The van der Waals surface area contributed by atoms with Gasteiger partial charge in [0.05, 0.1) is 48.0 Å². The molecule has 111 heavy (non-hydrogen) atoms. The minimum atomic E-state index is -4.90. The maximum Gasteiger partial charge on any atom is 0.410 e. The Labute approximate surface area is 640 Å². The molecule has 10 N–H and O–H groups in total. The number of pyridine rings is 1. The van der Waals surface area contributed by atoms with E-state index in [0.717, 1.165) is 76.2 Å². The Morgan fingerprint density at radius 3 is 2.25 bits per heavy atom. The Bertz CT molecular complexity index is 4740. The fourth-order valence-corrected chi connectivity index (χ4v) is 18.7. The molecule has 4 aliphatic carbocycles. The van der Waals surface area contributed by atoms with Gasteiger partial charge >= 0.3 is 18.0 Å². The van der Waals surface area contributed by atoms with Gasteiger partial charge in [-0.25, -0.2) is 24.4 Å². The molecule has 6 heterocycles. The van der Waals surface area contributed by atoms with Gasteiger partial charge in [0.15, 0.2) is 16.9 Å². The van der Waals surface area contributed by atoms with Crippen LogP contribution in [0.1, 0.15) is 108 Å². The zero-order valence-corrected chi connectivity index (χ0v) is 63.0. The van der Waals surface area contributed by atoms with Crippen molar-refractivity contribution in [1.29, 1.82) is 0 Å². The Kier molecular flexibility index (Phi) is 23.8. The Morgan fingerprint density at radius 1 is 0.820 bits per heavy atom. The van der Waals surface area contributed by atoms with Crippen molar-refractivity contribution in [3.63, 3.8) is 0 Å². The zero-order valence-electron chi connectivity index (χ0n) is 61.4. The number of benzene rings is 3. The van der Waals surface area contributed by atoms with Crippen molar-refractivity contribution < 1.29 is 110 Å². The maximum atomic E-state index is 14.0. The van der Waals surface area contributed by atoms with E-state index in [1.807, 2.05) is 40.8 Å². The van der Waals surface area contributed by atoms with Gasteiger partial charge in [-0.2, -0.15) is 13.5 Å². The number of aliphatic hydroxyl groups excluding tert-OH is 3. The number of amides is 7. The number of carboxylic acids is 2. The van der Waals surface area contributed by atoms with E-state index in [0.29, 0.717) is 64.9 Å². The highest BCUT2D eigenvalue weighted by Gasteiger charge is 2.66. The predicted octanol–water partition coefficient (Wildman–Crippen LogP) is 4.72. The average Bonchev–Trinajstić information content (AvgIpc) is 0.850. The third kappa shape index (κ3) is 18.4. The average molecular weight is 1570 g/mol. The molecule has 5 fully saturated rings. The molecule has 7 amide bonds. The second-order valence-electron chi connectivity index (χ2n) is 29.7. The molecule has 3 aliphatic heterocycles. The first-order valence-corrected chi connectivity index (χ1v) is 38.4. The Balaban J connectivity index is 0.681. The Morgan fingerprint density at radius 2 is 1.55 bits per heavy atom. The van der Waals surface area contributed by atoms with E-state index in [4.69, 9.17) is 38.5 Å². The molecule has 13 rings (SSSR count). The molecule has 4 saturated carbocycles. The molecule has 3 aromatic carbocycles. The summed E-state index contributed by atoms with van der Waals surface area (Å²) >= 11 is 1.38. The number of aromatic carboxylic acids is 1. The van der Waals surface area contributed by atoms with Gasteiger partial charge in [-0.3, -0.25) is 48.2 Å². The molecular weight excluding hydrogens is 1490 g/mol. The fraction of sp³-hybridized carbons (Fsp3) is 0.467. The lowest BCUT2D eigenvalue weighted by Crippen LogP contribution is -2.64. The van der Waals surface area contributed by atoms with Crippen LogP contribution >= 0.6 is 11.3 Å². The number of carboxylic acid groups (broad SMARTS) is 2. The molecule has 34 nitrogen and oxygen atoms in total. The van der Waals surface area contributed by atoms with Crippen molar-refractivity contribution >= 4 is 108 Å². The van der Waals surface area contributed by atoms with Crippen LogP contribution in [0.2, 0.25) is 0 Å². The van der Waals surface area contributed by atoms with Gasteiger partial charge in [-0.1, -0.05) is 49.5 Å². The molecule has 1 saturated heterocycles. The SMILES string of the molecule is COCCN(CCOC12CC3(C)CC(C)(CC(Cn4ncc(-c5ccc(N6CCc7c(OC)ccc(C(=O)Nc8nc9ccccc9s8)c7C6)nc5C(=O)O)c4C)(C3)C1)C2)C(=O)OC/C=C/c1ccc(O[C@@H]2O[C@H](C(=O)O)[C@@H](O)[C@H](O)[C@H]2O)c(NC(=O)CCNC(=O)[C@H](CS(=O)(=O)O)NC(=O)CCN2C(=O)C=CC2=O)c1. The third-order valence-electron chi connectivity index (χ3n) is 21.0. The number of nitrogens with one attached hydrogen (secondary N) is 4. The number of methoxy groups -OCH3 is 2. The van der Waals surface area contributed by atoms with Crippen LogP contribution in [0.4, 0.5) is 21.4 Å². The molecule has 7 aliphatic rings. The van der Waals surface area contributed by atoms with E-state index in [9.17, 15) is 81.7 Å². The number of imide groups is 1. The number of aliphatic carboxylic acids is 1. The van der Waals surface area contributed by atoms with Crippen LogP contribution in [-0.2, 0) is 77.3 Å². The minimum Gasteiger partial charge on any atom is -0.496 e. The number of para-hydroxylation sites is 1. The molecule has 592 valence electrons. The van der Waals surface area contributed by atoms with Gasteiger partial charge in [0.1, 0.15) is 54.0 Å². The number of aromatic nitrogens is 4. The van der Waals surface area contributed by atoms with Crippen molar-refractivity contribution in [2.45, 2.75) is 134 Å². The quantitative estimate of drug-likeness (QED) is 0.0202. The molecule has 36 heteroatoms. The number of carbonyl (C=O) groups is 9. The van der Waals surface area contributed by atoms with Gasteiger partial charge in [0.2, 0.25) is 24.0 Å². The highest BCUT2D eigenvalue weighted by molar-refractivity contribution is 7.85. The number of nitrogens with zero attached hydrogens (tertiary/aromatic N) is 7. The summed E-state index contributed by atoms with van der Waals surface area (Å²) in [5, 5.41) is 67.5. The first-order valence-electron chi connectivity index (χ1n) is 35.9. The van der Waals surface area contributed by atoms with E-state index < -0.39 is 132 Å². The van der Waals surface area contributed by atoms with Gasteiger partial charge in [-0.15, -0.1) is 0 Å². The van der Waals surface area contributed by atoms with Crippen molar-refractivity contribution in [3.8, 4) is 22.6 Å². The number of carbonyl (C=O) groups excluding carboxylic acids is 7. The summed E-state index contributed by atoms with van der Waals surface area (Å²) < 4.78 is 71.3. The smallest absolute Gasteiger partial charge is 0.410 e. The van der Waals surface area contributed by atoms with Gasteiger partial charge in [0.25, 0.3) is 27.8 Å². The van der Waals surface area contributed by atoms with Crippen LogP contribution in [0.15, 0.2) is 91.2 Å². The maximum absolute atomic E-state index is 14.0. The lowest BCUT2D eigenvalue weighted by molar-refractivity contribution is -0.271. The van der Waals surface area contributed by atoms with E-state index in [2.05, 4.69) is 40.1 Å². The summed E-state index contributed by atoms with van der Waals surface area (Å²) in [7, 11) is -1.81. The van der Waals surface area contributed by atoms with E-state index in [-0.39, 0.29) is 78.7 Å². The van der Waals surface area contributed by atoms with Crippen molar-refractivity contribution in [2.24, 2.45) is 16.2 Å². The molecule has 0 radical (unpaired) electrons. The van der Waals surface area contributed by atoms with Crippen LogP contribution in [0, 0.1) is 23.2 Å². The standard InChI is InChI=1S/C75H87N11O23S2/c1-42-47(45-14-17-55(81-60(45)67(96)97)84-24-21-44-48(33-84)46(13-16-52(44)105-5)65(94)82-70-80-49-10-6-7-11-54(49)110-70)32-77-86(42)41-74-36-72(2)35-73(3,37-74)39-75(38-72,40-74)107-30-27-83(26-29-104-4)71(100)106-28-8-9-43-12-15-53(108-69-63(93)61(91)62(92)64(109-69)68(98)99)50(31-43)78-56(87)20-23-76-66(95)51(34-111(101,102)103)79-57(88)22-25-85-58(89)18-19-59(85)90/h6-19,31-32,51,61-64,69,91-93H,20-30,33-41H2,1-5H3,(H,76,95)(H,78,87)(H,79,88)(H,96,97)(H,98,99)(H,80,82,94)(H,101,102,103)/b9-8+/t51-,61-,62-,63+,64-,69+,72?,73?,74?,75?/m0/s1. The first kappa shape index (κ1) is 80.2. The highest BCUT2D eigenvalue weighted by Crippen LogP contribution is 2.72. The van der Waals surface area contributed by atoms with Gasteiger partial charge in [0, 0.05) is 106 Å². The normalized spacial score (nSPS) is 24.2. The van der Waals surface area contributed by atoms with Crippen LogP contribution in [-0.4, -0.2) is 236 Å². The first-order chi connectivity index (χ1) is 52.7. The number of ether oxygens (including phenoxy) is 6. The minimum absolute atomic E-state index is 0.0917. The summed E-state index contributed by atoms with van der Waals surface area (Å²) in [6.45, 7) is 7.29. The number of hydrogen-bond donors (Lipinski definition) is 10. The van der Waals surface area contributed by atoms with Crippen LogP contribution in [0.5, 0.6) is 11.5 Å². The second-order valence-corrected chi connectivity index (χ2v) is 32.2. The summed E-state index contributed by atoms with van der Waals surface area (Å²) in [6.07, 6.45) is 0.457. The Hall–Kier alpha value is -10.3. The second kappa shape index (κ2) is 32.9. The molecule has 0 spiro atoms. The summed E-state index contributed by atoms with van der Waals surface area (Å²) in [5.41, 5.74) is 3.70. The summed E-state index contributed by atoms with van der Waals surface area (Å²) in [4.78, 5) is 130. The fourth-order valence-electron chi connectivity index (χ4n) is 17.2. The van der Waals surface area contributed by atoms with Crippen LogP contribution < -0.4 is 35.6 Å². The van der Waals surface area contributed by atoms with Crippen LogP contribution in [0.25, 0.3) is 27.4 Å². The lowest BCUT2D eigenvalue weighted by atomic mass is 9.39. The highest BCUT2D eigenvalue weighted by atomic mass is 32.2. The largest absolute Gasteiger partial charge is 0.496 e. The lowest BCUT2D eigenvalue weighted by Gasteiger charge is -2.69. The third-order valence-corrected chi connectivity index (χ3v) is 22.7. The topological polar surface area (TPSA) is 466 Å². The monoisotopic (exact) mass is 1570 g/mol. The zero-order chi connectivity index (χ0) is 79.5. The molecule has 8 atom stereocenters. The number of hydrogen-bond acceptors (Lipinski definition) is 25. The number of aliphatic hydroxyl groups is 3. The van der Waals surface area contributed by atoms with Crippen molar-refractivity contribution in [3.05, 3.63) is 125 Å². The van der Waals surface area contributed by atoms with Crippen molar-refractivity contribution in [1.82, 2.24) is 40.2 Å².